The first-order valence-electron chi connectivity index (χ1n) is 6.52. The number of anilines is 1. The van der Waals surface area contributed by atoms with Crippen molar-refractivity contribution >= 4 is 11.8 Å². The zero-order valence-corrected chi connectivity index (χ0v) is 11.9. The molecule has 7 heteroatoms. The number of hydrogen-bond acceptors (Lipinski definition) is 5. The first-order valence-corrected chi connectivity index (χ1v) is 6.52. The van der Waals surface area contributed by atoms with E-state index < -0.39 is 6.03 Å². The second-order valence-corrected chi connectivity index (χ2v) is 4.12. The Labute approximate surface area is 122 Å². The highest BCUT2D eigenvalue weighted by Crippen LogP contribution is 2.25. The van der Waals surface area contributed by atoms with Gasteiger partial charge >= 0.3 is 6.03 Å². The van der Waals surface area contributed by atoms with Crippen LogP contribution in [0.3, 0.4) is 0 Å². The van der Waals surface area contributed by atoms with Crippen molar-refractivity contribution in [2.24, 2.45) is 0 Å². The third-order valence-electron chi connectivity index (χ3n) is 2.48. The highest BCUT2D eigenvalue weighted by molar-refractivity contribution is 5.87. The summed E-state index contributed by atoms with van der Waals surface area (Å²) in [6.07, 6.45) is 0. The van der Waals surface area contributed by atoms with Gasteiger partial charge in [-0.05, 0) is 26.0 Å². The van der Waals surface area contributed by atoms with Gasteiger partial charge in [0.25, 0.3) is 0 Å². The summed E-state index contributed by atoms with van der Waals surface area (Å²) in [6, 6.07) is 8.44. The lowest BCUT2D eigenvalue weighted by Crippen LogP contribution is -2.32. The molecule has 0 aliphatic rings. The van der Waals surface area contributed by atoms with E-state index >= 15 is 0 Å². The number of carbonyl (C=O) groups is 1. The van der Waals surface area contributed by atoms with Gasteiger partial charge in [-0.2, -0.15) is 0 Å². The fraction of sp³-hybridized carbons (Fsp3) is 0.286. The Morgan fingerprint density at radius 3 is 2.62 bits per heavy atom. The maximum absolute atomic E-state index is 11.6. The summed E-state index contributed by atoms with van der Waals surface area (Å²) < 4.78 is 15.7. The van der Waals surface area contributed by atoms with Crippen LogP contribution in [-0.4, -0.2) is 24.5 Å². The molecular formula is C14H17N3O4. The molecule has 2 aromatic rings. The lowest BCUT2D eigenvalue weighted by Gasteiger charge is -2.12. The number of aryl methyl sites for hydroxylation is 1. The van der Waals surface area contributed by atoms with Crippen LogP contribution in [0, 0.1) is 6.92 Å². The van der Waals surface area contributed by atoms with Crippen molar-refractivity contribution in [2.45, 2.75) is 13.8 Å². The van der Waals surface area contributed by atoms with E-state index in [-0.39, 0.29) is 6.73 Å². The third kappa shape index (κ3) is 4.41. The number of aromatic nitrogens is 1. The van der Waals surface area contributed by atoms with Crippen molar-refractivity contribution in [3.05, 3.63) is 36.1 Å². The van der Waals surface area contributed by atoms with Crippen LogP contribution in [0.5, 0.6) is 11.5 Å². The molecule has 0 aliphatic heterocycles. The van der Waals surface area contributed by atoms with Crippen molar-refractivity contribution in [2.75, 3.05) is 18.7 Å². The number of carbonyl (C=O) groups excluding carboxylic acids is 1. The quantitative estimate of drug-likeness (QED) is 0.799. The summed E-state index contributed by atoms with van der Waals surface area (Å²) in [6.45, 7) is 4.18. The van der Waals surface area contributed by atoms with Gasteiger partial charge in [-0.3, -0.25) is 5.32 Å². The molecule has 0 saturated heterocycles. The van der Waals surface area contributed by atoms with Gasteiger partial charge in [-0.15, -0.1) is 0 Å². The number of amides is 2. The van der Waals surface area contributed by atoms with Gasteiger partial charge in [0.1, 0.15) is 5.76 Å². The predicted molar refractivity (Wildman–Crippen MR) is 76.5 cm³/mol. The van der Waals surface area contributed by atoms with Crippen molar-refractivity contribution in [1.29, 1.82) is 0 Å². The lowest BCUT2D eigenvalue weighted by atomic mass is 10.3. The van der Waals surface area contributed by atoms with E-state index in [1.165, 1.54) is 0 Å². The smallest absolute Gasteiger partial charge is 0.323 e. The summed E-state index contributed by atoms with van der Waals surface area (Å²) in [7, 11) is 0. The molecule has 0 atom stereocenters. The van der Waals surface area contributed by atoms with Crippen LogP contribution in [0.2, 0.25) is 0 Å². The second kappa shape index (κ2) is 7.18. The van der Waals surface area contributed by atoms with E-state index in [4.69, 9.17) is 14.0 Å². The number of rotatable bonds is 6. The topological polar surface area (TPSA) is 85.6 Å². The zero-order valence-electron chi connectivity index (χ0n) is 11.9. The molecule has 112 valence electrons. The van der Waals surface area contributed by atoms with Gasteiger partial charge in [0.15, 0.2) is 24.0 Å². The number of para-hydroxylation sites is 2. The molecule has 7 nitrogen and oxygen atoms in total. The van der Waals surface area contributed by atoms with E-state index in [2.05, 4.69) is 15.8 Å². The number of benzene rings is 1. The molecule has 0 unspecified atom stereocenters. The molecule has 1 aromatic carbocycles. The Balaban J connectivity index is 1.80. The van der Waals surface area contributed by atoms with Crippen LogP contribution in [0.15, 0.2) is 34.9 Å². The van der Waals surface area contributed by atoms with Gasteiger partial charge in [0, 0.05) is 6.07 Å². The van der Waals surface area contributed by atoms with E-state index in [9.17, 15) is 4.79 Å². The Kier molecular flexibility index (Phi) is 5.03. The fourth-order valence-electron chi connectivity index (χ4n) is 1.61. The molecule has 2 rings (SSSR count). The SMILES string of the molecule is CCOc1ccccc1OCNC(=O)Nc1cc(C)on1. The molecule has 2 N–H and O–H groups in total. The summed E-state index contributed by atoms with van der Waals surface area (Å²) in [5.41, 5.74) is 0. The third-order valence-corrected chi connectivity index (χ3v) is 2.48. The van der Waals surface area contributed by atoms with Crippen molar-refractivity contribution in [1.82, 2.24) is 10.5 Å². The summed E-state index contributed by atoms with van der Waals surface area (Å²) in [4.78, 5) is 11.6. The van der Waals surface area contributed by atoms with Gasteiger partial charge < -0.3 is 19.3 Å². The summed E-state index contributed by atoms with van der Waals surface area (Å²) in [5.74, 6) is 2.16. The minimum absolute atomic E-state index is 0.00670. The van der Waals surface area contributed by atoms with Crippen molar-refractivity contribution < 1.29 is 18.8 Å². The van der Waals surface area contributed by atoms with Crippen LogP contribution in [0.25, 0.3) is 0 Å². The maximum Gasteiger partial charge on any atom is 0.323 e. The van der Waals surface area contributed by atoms with Crippen LogP contribution in [-0.2, 0) is 0 Å². The summed E-state index contributed by atoms with van der Waals surface area (Å²) in [5, 5.41) is 8.72. The first-order chi connectivity index (χ1) is 10.2. The van der Waals surface area contributed by atoms with Crippen LogP contribution >= 0.6 is 0 Å². The monoisotopic (exact) mass is 291 g/mol. The molecule has 1 aromatic heterocycles. The number of ether oxygens (including phenoxy) is 2. The molecule has 0 saturated carbocycles. The first kappa shape index (κ1) is 14.7. The molecule has 0 fully saturated rings. The van der Waals surface area contributed by atoms with Crippen LogP contribution in [0.1, 0.15) is 12.7 Å². The fourth-order valence-corrected chi connectivity index (χ4v) is 1.61. The van der Waals surface area contributed by atoms with E-state index in [0.717, 1.165) is 0 Å². The van der Waals surface area contributed by atoms with Crippen molar-refractivity contribution in [3.8, 4) is 11.5 Å². The lowest BCUT2D eigenvalue weighted by molar-refractivity contribution is 0.229. The minimum Gasteiger partial charge on any atom is -0.490 e. The zero-order chi connectivity index (χ0) is 15.1. The Bertz CT molecular complexity index is 597. The number of urea groups is 1. The number of nitrogens with zero attached hydrogens (tertiary/aromatic N) is 1. The second-order valence-electron chi connectivity index (χ2n) is 4.12. The highest BCUT2D eigenvalue weighted by Gasteiger charge is 2.07. The van der Waals surface area contributed by atoms with Crippen LogP contribution < -0.4 is 20.1 Å². The standard InChI is InChI=1S/C14H17N3O4/c1-3-19-11-6-4-5-7-12(11)20-9-15-14(18)16-13-8-10(2)21-17-13/h4-8H,3,9H2,1-2H3,(H2,15,16,17,18). The Morgan fingerprint density at radius 2 is 2.00 bits per heavy atom. The number of hydrogen-bond donors (Lipinski definition) is 2. The number of nitrogens with one attached hydrogen (secondary N) is 2. The summed E-state index contributed by atoms with van der Waals surface area (Å²) >= 11 is 0. The van der Waals surface area contributed by atoms with E-state index in [0.29, 0.717) is 29.7 Å². The molecule has 21 heavy (non-hydrogen) atoms. The highest BCUT2D eigenvalue weighted by atomic mass is 16.5. The molecule has 0 aliphatic carbocycles. The largest absolute Gasteiger partial charge is 0.490 e. The van der Waals surface area contributed by atoms with Crippen molar-refractivity contribution in [3.63, 3.8) is 0 Å². The minimum atomic E-state index is -0.433. The van der Waals surface area contributed by atoms with E-state index in [1.807, 2.05) is 19.1 Å². The molecule has 0 spiro atoms. The Morgan fingerprint density at radius 1 is 1.29 bits per heavy atom. The van der Waals surface area contributed by atoms with Gasteiger partial charge in [0.05, 0.1) is 6.61 Å². The van der Waals surface area contributed by atoms with Gasteiger partial charge in [0.2, 0.25) is 0 Å². The average molecular weight is 291 g/mol. The normalized spacial score (nSPS) is 10.0. The molecule has 2 amide bonds. The molecule has 0 radical (unpaired) electrons. The van der Waals surface area contributed by atoms with Crippen LogP contribution in [0.4, 0.5) is 10.6 Å². The van der Waals surface area contributed by atoms with Gasteiger partial charge in [-0.1, -0.05) is 17.3 Å². The Hall–Kier alpha value is -2.70. The van der Waals surface area contributed by atoms with E-state index in [1.54, 1.807) is 25.1 Å². The molecular weight excluding hydrogens is 274 g/mol. The average Bonchev–Trinajstić information content (AvgIpc) is 2.86. The van der Waals surface area contributed by atoms with Gasteiger partial charge in [-0.25, -0.2) is 4.79 Å². The molecule has 1 heterocycles. The predicted octanol–water partition coefficient (Wildman–Crippen LogP) is 2.54. The maximum atomic E-state index is 11.6. The molecule has 0 bridgehead atoms.